The van der Waals surface area contributed by atoms with Crippen LogP contribution in [0.5, 0.6) is 0 Å². The maximum absolute atomic E-state index is 12.4. The van der Waals surface area contributed by atoms with E-state index in [4.69, 9.17) is 0 Å². The van der Waals surface area contributed by atoms with Crippen LogP contribution in [-0.4, -0.2) is 24.5 Å². The molecular formula is C15H29ClN2O. The fourth-order valence-electron chi connectivity index (χ4n) is 3.55. The predicted molar refractivity (Wildman–Crippen MR) is 81.6 cm³/mol. The Bertz CT molecular complexity index is 290. The van der Waals surface area contributed by atoms with Crippen molar-refractivity contribution in [2.45, 2.75) is 64.3 Å². The Kier molecular flexibility index (Phi) is 6.61. The zero-order chi connectivity index (χ0) is 13.0. The maximum Gasteiger partial charge on any atom is 0.240 e. The molecule has 1 aliphatic carbocycles. The number of hydrogen-bond acceptors (Lipinski definition) is 2. The Morgan fingerprint density at radius 2 is 2.05 bits per heavy atom. The highest BCUT2D eigenvalue weighted by molar-refractivity contribution is 5.86. The van der Waals surface area contributed by atoms with Crippen LogP contribution in [-0.2, 0) is 4.79 Å². The van der Waals surface area contributed by atoms with E-state index in [0.29, 0.717) is 5.92 Å². The molecule has 1 heterocycles. The topological polar surface area (TPSA) is 41.1 Å². The lowest BCUT2D eigenvalue weighted by atomic mass is 9.80. The van der Waals surface area contributed by atoms with Crippen molar-refractivity contribution in [3.8, 4) is 0 Å². The van der Waals surface area contributed by atoms with Gasteiger partial charge in [0.25, 0.3) is 0 Å². The summed E-state index contributed by atoms with van der Waals surface area (Å²) in [5.41, 5.74) is -0.266. The highest BCUT2D eigenvalue weighted by Gasteiger charge is 2.39. The molecule has 3 atom stereocenters. The third kappa shape index (κ3) is 3.85. The van der Waals surface area contributed by atoms with Crippen molar-refractivity contribution in [2.75, 3.05) is 13.1 Å². The molecule has 0 spiro atoms. The quantitative estimate of drug-likeness (QED) is 0.835. The van der Waals surface area contributed by atoms with Gasteiger partial charge in [-0.1, -0.05) is 33.1 Å². The molecule has 0 aromatic rings. The van der Waals surface area contributed by atoms with Crippen LogP contribution in [0.4, 0.5) is 0 Å². The van der Waals surface area contributed by atoms with Crippen molar-refractivity contribution >= 4 is 18.3 Å². The third-order valence-electron chi connectivity index (χ3n) is 5.10. The second-order valence-corrected chi connectivity index (χ2v) is 6.20. The SMILES string of the molecule is CCC1(C(=O)NCC2CCCCC2C)CCCN1.Cl. The number of carbonyl (C=O) groups excluding carboxylic acids is 1. The summed E-state index contributed by atoms with van der Waals surface area (Å²) >= 11 is 0. The van der Waals surface area contributed by atoms with Gasteiger partial charge in [0.2, 0.25) is 5.91 Å². The lowest BCUT2D eigenvalue weighted by molar-refractivity contribution is -0.127. The number of carbonyl (C=O) groups is 1. The van der Waals surface area contributed by atoms with Gasteiger partial charge in [-0.2, -0.15) is 0 Å². The molecule has 0 aromatic carbocycles. The maximum atomic E-state index is 12.4. The lowest BCUT2D eigenvalue weighted by Gasteiger charge is -2.31. The third-order valence-corrected chi connectivity index (χ3v) is 5.10. The first-order valence-electron chi connectivity index (χ1n) is 7.71. The number of hydrogen-bond donors (Lipinski definition) is 2. The molecule has 0 aromatic heterocycles. The number of rotatable bonds is 4. The van der Waals surface area contributed by atoms with Gasteiger partial charge in [0, 0.05) is 6.54 Å². The minimum Gasteiger partial charge on any atom is -0.354 e. The second kappa shape index (κ2) is 7.49. The van der Waals surface area contributed by atoms with Gasteiger partial charge in [0.05, 0.1) is 5.54 Å². The van der Waals surface area contributed by atoms with Gasteiger partial charge in [0.15, 0.2) is 0 Å². The van der Waals surface area contributed by atoms with Crippen molar-refractivity contribution in [3.05, 3.63) is 0 Å². The normalized spacial score (nSPS) is 34.6. The van der Waals surface area contributed by atoms with E-state index in [9.17, 15) is 4.79 Å². The molecule has 3 nitrogen and oxygen atoms in total. The number of nitrogens with one attached hydrogen (secondary N) is 2. The average Bonchev–Trinajstić information content (AvgIpc) is 2.87. The van der Waals surface area contributed by atoms with Crippen molar-refractivity contribution in [1.29, 1.82) is 0 Å². The Morgan fingerprint density at radius 3 is 2.63 bits per heavy atom. The minimum absolute atomic E-state index is 0. The average molecular weight is 289 g/mol. The molecule has 1 amide bonds. The molecule has 19 heavy (non-hydrogen) atoms. The molecule has 112 valence electrons. The zero-order valence-electron chi connectivity index (χ0n) is 12.3. The van der Waals surface area contributed by atoms with Crippen molar-refractivity contribution in [2.24, 2.45) is 11.8 Å². The van der Waals surface area contributed by atoms with Crippen LogP contribution >= 0.6 is 12.4 Å². The summed E-state index contributed by atoms with van der Waals surface area (Å²) in [5.74, 6) is 1.70. The van der Waals surface area contributed by atoms with Crippen LogP contribution < -0.4 is 10.6 Å². The fourth-order valence-corrected chi connectivity index (χ4v) is 3.55. The van der Waals surface area contributed by atoms with Crippen molar-refractivity contribution in [3.63, 3.8) is 0 Å². The predicted octanol–water partition coefficient (Wildman–Crippen LogP) is 2.88. The van der Waals surface area contributed by atoms with Gasteiger partial charge in [-0.05, 0) is 44.1 Å². The van der Waals surface area contributed by atoms with Crippen LogP contribution in [0.3, 0.4) is 0 Å². The van der Waals surface area contributed by atoms with Crippen LogP contribution in [0.1, 0.15) is 58.8 Å². The Balaban J connectivity index is 0.00000180. The number of halogens is 1. The Hall–Kier alpha value is -0.280. The van der Waals surface area contributed by atoms with Crippen LogP contribution in [0.2, 0.25) is 0 Å². The Labute approximate surface area is 123 Å². The number of amides is 1. The summed E-state index contributed by atoms with van der Waals surface area (Å²) in [6.07, 6.45) is 8.34. The summed E-state index contributed by atoms with van der Waals surface area (Å²) in [6, 6.07) is 0. The van der Waals surface area contributed by atoms with Gasteiger partial charge in [0.1, 0.15) is 0 Å². The van der Waals surface area contributed by atoms with Crippen LogP contribution in [0.15, 0.2) is 0 Å². The Morgan fingerprint density at radius 1 is 1.32 bits per heavy atom. The van der Waals surface area contributed by atoms with Gasteiger partial charge in [-0.3, -0.25) is 4.79 Å². The second-order valence-electron chi connectivity index (χ2n) is 6.20. The molecule has 2 fully saturated rings. The highest BCUT2D eigenvalue weighted by atomic mass is 35.5. The molecule has 1 aliphatic heterocycles. The minimum atomic E-state index is -0.266. The van der Waals surface area contributed by atoms with E-state index in [1.165, 1.54) is 25.7 Å². The van der Waals surface area contributed by atoms with E-state index in [-0.39, 0.29) is 23.9 Å². The van der Waals surface area contributed by atoms with Gasteiger partial charge in [-0.25, -0.2) is 0 Å². The summed E-state index contributed by atoms with van der Waals surface area (Å²) in [7, 11) is 0. The standard InChI is InChI=1S/C15H28N2O.ClH/c1-3-15(9-6-10-17-15)14(18)16-11-13-8-5-4-7-12(13)2;/h12-13,17H,3-11H2,1-2H3,(H,16,18);1H. The molecule has 1 saturated heterocycles. The lowest BCUT2D eigenvalue weighted by Crippen LogP contribution is -2.54. The largest absolute Gasteiger partial charge is 0.354 e. The highest BCUT2D eigenvalue weighted by Crippen LogP contribution is 2.29. The van der Waals surface area contributed by atoms with Gasteiger partial charge >= 0.3 is 0 Å². The summed E-state index contributed by atoms with van der Waals surface area (Å²) in [4.78, 5) is 12.4. The van der Waals surface area contributed by atoms with Crippen molar-refractivity contribution in [1.82, 2.24) is 10.6 Å². The molecule has 2 N–H and O–H groups in total. The van der Waals surface area contributed by atoms with E-state index >= 15 is 0 Å². The molecule has 4 heteroatoms. The van der Waals surface area contributed by atoms with Crippen LogP contribution in [0.25, 0.3) is 0 Å². The van der Waals surface area contributed by atoms with Gasteiger partial charge < -0.3 is 10.6 Å². The first-order valence-corrected chi connectivity index (χ1v) is 7.71. The fraction of sp³-hybridized carbons (Fsp3) is 0.933. The van der Waals surface area contributed by atoms with E-state index in [0.717, 1.165) is 38.3 Å². The summed E-state index contributed by atoms with van der Waals surface area (Å²) in [5, 5.41) is 6.62. The molecule has 2 rings (SSSR count). The summed E-state index contributed by atoms with van der Waals surface area (Å²) in [6.45, 7) is 6.31. The van der Waals surface area contributed by atoms with E-state index < -0.39 is 0 Å². The van der Waals surface area contributed by atoms with E-state index in [2.05, 4.69) is 24.5 Å². The van der Waals surface area contributed by atoms with Gasteiger partial charge in [-0.15, -0.1) is 12.4 Å². The van der Waals surface area contributed by atoms with Crippen molar-refractivity contribution < 1.29 is 4.79 Å². The molecule has 0 bridgehead atoms. The monoisotopic (exact) mass is 288 g/mol. The molecule has 1 saturated carbocycles. The first-order chi connectivity index (χ1) is 8.68. The van der Waals surface area contributed by atoms with E-state index in [1.54, 1.807) is 0 Å². The van der Waals surface area contributed by atoms with Crippen LogP contribution in [0, 0.1) is 11.8 Å². The smallest absolute Gasteiger partial charge is 0.240 e. The zero-order valence-corrected chi connectivity index (χ0v) is 13.2. The van der Waals surface area contributed by atoms with E-state index in [1.807, 2.05) is 0 Å². The molecule has 3 unspecified atom stereocenters. The summed E-state index contributed by atoms with van der Waals surface area (Å²) < 4.78 is 0. The molecule has 2 aliphatic rings. The molecule has 0 radical (unpaired) electrons. The molecular weight excluding hydrogens is 260 g/mol. The first kappa shape index (κ1) is 16.8.